The van der Waals surface area contributed by atoms with Gasteiger partial charge in [-0.05, 0) is 31.0 Å². The predicted octanol–water partition coefficient (Wildman–Crippen LogP) is 2.37. The third-order valence-electron chi connectivity index (χ3n) is 2.62. The zero-order valence-electron chi connectivity index (χ0n) is 9.39. The van der Waals surface area contributed by atoms with Gasteiger partial charge in [0, 0.05) is 12.1 Å². The Balaban J connectivity index is 2.41. The maximum Gasteiger partial charge on any atom is 0.419 e. The third kappa shape index (κ3) is 2.20. The Morgan fingerprint density at radius 2 is 2.24 bits per heavy atom. The van der Waals surface area contributed by atoms with Gasteiger partial charge in [-0.3, -0.25) is 9.36 Å². The van der Waals surface area contributed by atoms with Crippen LogP contribution in [0, 0.1) is 0 Å². The average Bonchev–Trinajstić information content (AvgIpc) is 2.65. The van der Waals surface area contributed by atoms with Crippen LogP contribution in [-0.4, -0.2) is 10.9 Å². The zero-order chi connectivity index (χ0) is 12.3. The Bertz CT molecular complexity index is 607. The van der Waals surface area contributed by atoms with Crippen LogP contribution in [0.15, 0.2) is 40.1 Å². The molecule has 1 aromatic carbocycles. The lowest BCUT2D eigenvalue weighted by molar-refractivity contribution is 0.112. The number of carbonyl (C=O) groups is 1. The number of allylic oxidation sites excluding steroid dienone is 1. The van der Waals surface area contributed by atoms with Gasteiger partial charge in [0.15, 0.2) is 5.58 Å². The van der Waals surface area contributed by atoms with Gasteiger partial charge in [-0.25, -0.2) is 4.79 Å². The fourth-order valence-electron chi connectivity index (χ4n) is 1.76. The van der Waals surface area contributed by atoms with Crippen molar-refractivity contribution in [2.24, 2.45) is 0 Å². The molecule has 0 amide bonds. The van der Waals surface area contributed by atoms with Crippen molar-refractivity contribution >= 4 is 17.4 Å². The normalized spacial score (nSPS) is 10.6. The van der Waals surface area contributed by atoms with E-state index in [0.29, 0.717) is 17.7 Å². The number of aromatic nitrogens is 1. The first kappa shape index (κ1) is 11.4. The van der Waals surface area contributed by atoms with Gasteiger partial charge in [0.05, 0.1) is 5.52 Å². The highest BCUT2D eigenvalue weighted by molar-refractivity contribution is 5.83. The lowest BCUT2D eigenvalue weighted by Gasteiger charge is -1.99. The predicted molar refractivity (Wildman–Crippen MR) is 65.3 cm³/mol. The Morgan fingerprint density at radius 3 is 2.94 bits per heavy atom. The molecular formula is C13H13NO3. The first-order chi connectivity index (χ1) is 8.26. The maximum atomic E-state index is 11.6. The summed E-state index contributed by atoms with van der Waals surface area (Å²) >= 11 is 0. The molecule has 0 unspecified atom stereocenters. The molecule has 0 saturated heterocycles. The minimum atomic E-state index is -0.382. The van der Waals surface area contributed by atoms with Gasteiger partial charge < -0.3 is 4.42 Å². The molecule has 0 aliphatic rings. The van der Waals surface area contributed by atoms with Gasteiger partial charge in [0.2, 0.25) is 0 Å². The summed E-state index contributed by atoms with van der Waals surface area (Å²) in [7, 11) is 0. The van der Waals surface area contributed by atoms with Crippen molar-refractivity contribution in [1.82, 2.24) is 4.57 Å². The van der Waals surface area contributed by atoms with Gasteiger partial charge >= 0.3 is 5.76 Å². The molecule has 2 aromatic rings. The summed E-state index contributed by atoms with van der Waals surface area (Å²) in [6.45, 7) is 4.23. The summed E-state index contributed by atoms with van der Waals surface area (Å²) < 4.78 is 6.67. The highest BCUT2D eigenvalue weighted by atomic mass is 16.4. The van der Waals surface area contributed by atoms with E-state index >= 15 is 0 Å². The molecule has 0 saturated carbocycles. The van der Waals surface area contributed by atoms with Crippen LogP contribution in [0.1, 0.15) is 23.2 Å². The SMILES string of the molecule is C=CCCCn1c(=O)oc2cc(C=O)ccc21. The summed E-state index contributed by atoms with van der Waals surface area (Å²) in [5, 5.41) is 0. The summed E-state index contributed by atoms with van der Waals surface area (Å²) in [5.74, 6) is -0.382. The van der Waals surface area contributed by atoms with E-state index in [9.17, 15) is 9.59 Å². The number of fused-ring (bicyclic) bond motifs is 1. The monoisotopic (exact) mass is 231 g/mol. The number of nitrogens with zero attached hydrogens (tertiary/aromatic N) is 1. The number of rotatable bonds is 5. The van der Waals surface area contributed by atoms with Gasteiger partial charge in [-0.15, -0.1) is 6.58 Å². The third-order valence-corrected chi connectivity index (χ3v) is 2.62. The molecule has 2 rings (SSSR count). The topological polar surface area (TPSA) is 52.2 Å². The first-order valence-corrected chi connectivity index (χ1v) is 5.45. The molecule has 0 spiro atoms. The molecule has 17 heavy (non-hydrogen) atoms. The average molecular weight is 231 g/mol. The van der Waals surface area contributed by atoms with E-state index in [4.69, 9.17) is 4.42 Å². The minimum Gasteiger partial charge on any atom is -0.408 e. The summed E-state index contributed by atoms with van der Waals surface area (Å²) in [6, 6.07) is 4.99. The molecule has 0 fully saturated rings. The molecule has 1 heterocycles. The standard InChI is InChI=1S/C13H13NO3/c1-2-3-4-7-14-11-6-5-10(9-15)8-12(11)17-13(14)16/h2,5-6,8-9H,1,3-4,7H2. The molecule has 88 valence electrons. The van der Waals surface area contributed by atoms with Crippen LogP contribution in [0.25, 0.3) is 11.1 Å². The van der Waals surface area contributed by atoms with Gasteiger partial charge in [-0.2, -0.15) is 0 Å². The van der Waals surface area contributed by atoms with Crippen molar-refractivity contribution in [1.29, 1.82) is 0 Å². The number of benzene rings is 1. The van der Waals surface area contributed by atoms with Crippen LogP contribution < -0.4 is 5.76 Å². The quantitative estimate of drug-likeness (QED) is 0.451. The Hall–Kier alpha value is -2.10. The van der Waals surface area contributed by atoms with Crippen LogP contribution in [0.5, 0.6) is 0 Å². The fraction of sp³-hybridized carbons (Fsp3) is 0.231. The molecular weight excluding hydrogens is 218 g/mol. The van der Waals surface area contributed by atoms with Crippen LogP contribution in [-0.2, 0) is 6.54 Å². The van der Waals surface area contributed by atoms with E-state index in [2.05, 4.69) is 6.58 Å². The van der Waals surface area contributed by atoms with Gasteiger partial charge in [-0.1, -0.05) is 6.08 Å². The van der Waals surface area contributed by atoms with Gasteiger partial charge in [0.25, 0.3) is 0 Å². The molecule has 0 atom stereocenters. The van der Waals surface area contributed by atoms with Crippen molar-refractivity contribution in [3.05, 3.63) is 47.0 Å². The second-order valence-electron chi connectivity index (χ2n) is 3.80. The molecule has 0 aliphatic carbocycles. The largest absolute Gasteiger partial charge is 0.419 e. The van der Waals surface area contributed by atoms with E-state index in [1.807, 2.05) is 6.08 Å². The van der Waals surface area contributed by atoms with Crippen LogP contribution in [0.3, 0.4) is 0 Å². The van der Waals surface area contributed by atoms with Crippen LogP contribution >= 0.6 is 0 Å². The highest BCUT2D eigenvalue weighted by Gasteiger charge is 2.08. The Labute approximate surface area is 98.2 Å². The number of hydrogen-bond donors (Lipinski definition) is 0. The molecule has 0 radical (unpaired) electrons. The second-order valence-corrected chi connectivity index (χ2v) is 3.80. The number of aryl methyl sites for hydroxylation is 1. The van der Waals surface area contributed by atoms with Crippen molar-refractivity contribution in [3.8, 4) is 0 Å². The van der Waals surface area contributed by atoms with Crippen LogP contribution in [0.2, 0.25) is 0 Å². The molecule has 0 aliphatic heterocycles. The van der Waals surface area contributed by atoms with E-state index < -0.39 is 0 Å². The number of carbonyl (C=O) groups excluding carboxylic acids is 1. The molecule has 4 nitrogen and oxygen atoms in total. The molecule has 0 N–H and O–H groups in total. The Kier molecular flexibility index (Phi) is 3.23. The van der Waals surface area contributed by atoms with Crippen LogP contribution in [0.4, 0.5) is 0 Å². The smallest absolute Gasteiger partial charge is 0.408 e. The van der Waals surface area contributed by atoms with Crippen molar-refractivity contribution in [2.75, 3.05) is 0 Å². The highest BCUT2D eigenvalue weighted by Crippen LogP contribution is 2.14. The number of hydrogen-bond acceptors (Lipinski definition) is 3. The minimum absolute atomic E-state index is 0.382. The van der Waals surface area contributed by atoms with Crippen molar-refractivity contribution in [2.45, 2.75) is 19.4 Å². The fourth-order valence-corrected chi connectivity index (χ4v) is 1.76. The lowest BCUT2D eigenvalue weighted by Crippen LogP contribution is -2.13. The van der Waals surface area contributed by atoms with Crippen molar-refractivity contribution in [3.63, 3.8) is 0 Å². The first-order valence-electron chi connectivity index (χ1n) is 5.45. The van der Waals surface area contributed by atoms with E-state index in [0.717, 1.165) is 24.6 Å². The Morgan fingerprint density at radius 1 is 1.41 bits per heavy atom. The molecule has 0 bridgehead atoms. The number of oxazole rings is 1. The lowest BCUT2D eigenvalue weighted by atomic mass is 10.2. The number of unbranched alkanes of at least 4 members (excludes halogenated alkanes) is 1. The van der Waals surface area contributed by atoms with E-state index in [1.54, 1.807) is 22.8 Å². The second kappa shape index (κ2) is 4.82. The maximum absolute atomic E-state index is 11.6. The molecule has 4 heteroatoms. The van der Waals surface area contributed by atoms with E-state index in [1.165, 1.54) is 0 Å². The summed E-state index contributed by atoms with van der Waals surface area (Å²) in [5.41, 5.74) is 1.69. The van der Waals surface area contributed by atoms with Gasteiger partial charge in [0.1, 0.15) is 6.29 Å². The molecule has 1 aromatic heterocycles. The van der Waals surface area contributed by atoms with E-state index in [-0.39, 0.29) is 5.76 Å². The zero-order valence-corrected chi connectivity index (χ0v) is 9.39. The number of aldehydes is 1. The summed E-state index contributed by atoms with van der Waals surface area (Å²) in [4.78, 5) is 22.2. The summed E-state index contributed by atoms with van der Waals surface area (Å²) in [6.07, 6.45) is 4.24. The van der Waals surface area contributed by atoms with Crippen molar-refractivity contribution < 1.29 is 9.21 Å².